The van der Waals surface area contributed by atoms with Crippen LogP contribution in [0.25, 0.3) is 0 Å². The van der Waals surface area contributed by atoms with Gasteiger partial charge in [0.1, 0.15) is 12.4 Å². The highest BCUT2D eigenvalue weighted by Gasteiger charge is 2.26. The molecule has 1 aromatic carbocycles. The van der Waals surface area contributed by atoms with Crippen LogP contribution in [-0.2, 0) is 11.3 Å². The second-order valence-corrected chi connectivity index (χ2v) is 6.43. The summed E-state index contributed by atoms with van der Waals surface area (Å²) in [5.74, 6) is 0.876. The first kappa shape index (κ1) is 15.3. The van der Waals surface area contributed by atoms with Crippen LogP contribution in [0.2, 0.25) is 0 Å². The molecule has 0 amide bonds. The van der Waals surface area contributed by atoms with E-state index in [1.165, 1.54) is 25.7 Å². The van der Waals surface area contributed by atoms with Gasteiger partial charge in [0.2, 0.25) is 0 Å². The standard InChI is InChI=1S/C17H27NO2/c1-17(2)8-6-15(7-9-17)19-10-11-20-16-5-3-4-14(12-16)13-18/h3-5,12,15H,6-11,13,18H2,1-2H3. The maximum absolute atomic E-state index is 5.90. The lowest BCUT2D eigenvalue weighted by Gasteiger charge is -2.34. The molecule has 0 spiro atoms. The summed E-state index contributed by atoms with van der Waals surface area (Å²) < 4.78 is 11.6. The average Bonchev–Trinajstić information content (AvgIpc) is 2.45. The largest absolute Gasteiger partial charge is 0.491 e. The third kappa shape index (κ3) is 4.80. The molecular weight excluding hydrogens is 250 g/mol. The lowest BCUT2D eigenvalue weighted by atomic mass is 9.76. The molecule has 3 heteroatoms. The minimum absolute atomic E-state index is 0.419. The van der Waals surface area contributed by atoms with Gasteiger partial charge in [0.15, 0.2) is 0 Å². The normalized spacial score (nSPS) is 18.9. The van der Waals surface area contributed by atoms with E-state index in [-0.39, 0.29) is 0 Å². The predicted octanol–water partition coefficient (Wildman–Crippen LogP) is 3.51. The van der Waals surface area contributed by atoms with Crippen molar-refractivity contribution in [3.63, 3.8) is 0 Å². The first-order valence-corrected chi connectivity index (χ1v) is 7.62. The van der Waals surface area contributed by atoms with E-state index in [0.717, 1.165) is 11.3 Å². The van der Waals surface area contributed by atoms with Crippen molar-refractivity contribution in [1.29, 1.82) is 0 Å². The summed E-state index contributed by atoms with van der Waals surface area (Å²) in [7, 11) is 0. The van der Waals surface area contributed by atoms with Gasteiger partial charge >= 0.3 is 0 Å². The van der Waals surface area contributed by atoms with Gasteiger partial charge in [-0.25, -0.2) is 0 Å². The maximum atomic E-state index is 5.90. The summed E-state index contributed by atoms with van der Waals surface area (Å²) in [5.41, 5.74) is 7.21. The Balaban J connectivity index is 1.64. The smallest absolute Gasteiger partial charge is 0.119 e. The Bertz CT molecular complexity index is 407. The highest BCUT2D eigenvalue weighted by molar-refractivity contribution is 5.28. The quantitative estimate of drug-likeness (QED) is 0.809. The van der Waals surface area contributed by atoms with E-state index in [9.17, 15) is 0 Å². The highest BCUT2D eigenvalue weighted by atomic mass is 16.5. The molecule has 0 atom stereocenters. The monoisotopic (exact) mass is 277 g/mol. The van der Waals surface area contributed by atoms with Crippen molar-refractivity contribution in [2.75, 3.05) is 13.2 Å². The lowest BCUT2D eigenvalue weighted by molar-refractivity contribution is -0.00732. The number of hydrogen-bond acceptors (Lipinski definition) is 3. The summed E-state index contributed by atoms with van der Waals surface area (Å²) >= 11 is 0. The number of nitrogens with two attached hydrogens (primary N) is 1. The molecule has 3 nitrogen and oxygen atoms in total. The molecule has 0 unspecified atom stereocenters. The van der Waals surface area contributed by atoms with Crippen molar-refractivity contribution in [2.24, 2.45) is 11.1 Å². The van der Waals surface area contributed by atoms with Crippen molar-refractivity contribution in [3.05, 3.63) is 29.8 Å². The molecule has 1 saturated carbocycles. The van der Waals surface area contributed by atoms with Crippen LogP contribution in [0.4, 0.5) is 0 Å². The van der Waals surface area contributed by atoms with Crippen molar-refractivity contribution in [2.45, 2.75) is 52.2 Å². The van der Waals surface area contributed by atoms with Crippen LogP contribution in [0, 0.1) is 5.41 Å². The molecule has 1 aliphatic carbocycles. The minimum Gasteiger partial charge on any atom is -0.491 e. The van der Waals surface area contributed by atoms with E-state index < -0.39 is 0 Å². The average molecular weight is 277 g/mol. The molecular formula is C17H27NO2. The van der Waals surface area contributed by atoms with Crippen LogP contribution in [0.1, 0.15) is 45.1 Å². The number of rotatable bonds is 6. The van der Waals surface area contributed by atoms with E-state index in [1.807, 2.05) is 24.3 Å². The molecule has 112 valence electrons. The Kier molecular flexibility index (Phi) is 5.44. The van der Waals surface area contributed by atoms with Crippen LogP contribution in [0.15, 0.2) is 24.3 Å². The molecule has 0 radical (unpaired) electrons. The van der Waals surface area contributed by atoms with E-state index in [2.05, 4.69) is 13.8 Å². The Morgan fingerprint density at radius 2 is 1.95 bits per heavy atom. The Labute approximate surface area is 122 Å². The van der Waals surface area contributed by atoms with Gasteiger partial charge in [0.25, 0.3) is 0 Å². The topological polar surface area (TPSA) is 44.5 Å². The highest BCUT2D eigenvalue weighted by Crippen LogP contribution is 2.36. The molecule has 0 aromatic heterocycles. The summed E-state index contributed by atoms with van der Waals surface area (Å²) in [6, 6.07) is 7.93. The molecule has 1 fully saturated rings. The second kappa shape index (κ2) is 7.09. The van der Waals surface area contributed by atoms with E-state index >= 15 is 0 Å². The van der Waals surface area contributed by atoms with Crippen LogP contribution >= 0.6 is 0 Å². The first-order valence-electron chi connectivity index (χ1n) is 7.62. The van der Waals surface area contributed by atoms with Gasteiger partial charge < -0.3 is 15.2 Å². The minimum atomic E-state index is 0.419. The summed E-state index contributed by atoms with van der Waals surface area (Å²) in [6.45, 7) is 6.50. The number of ether oxygens (including phenoxy) is 2. The van der Waals surface area contributed by atoms with Gasteiger partial charge in [-0.2, -0.15) is 0 Å². The molecule has 0 saturated heterocycles. The Hall–Kier alpha value is -1.06. The number of hydrogen-bond donors (Lipinski definition) is 1. The Morgan fingerprint density at radius 1 is 1.20 bits per heavy atom. The van der Waals surface area contributed by atoms with E-state index in [4.69, 9.17) is 15.2 Å². The van der Waals surface area contributed by atoms with Gasteiger partial charge in [0, 0.05) is 6.54 Å². The molecule has 0 heterocycles. The zero-order chi connectivity index (χ0) is 14.4. The van der Waals surface area contributed by atoms with Gasteiger partial charge in [-0.1, -0.05) is 26.0 Å². The van der Waals surface area contributed by atoms with Crippen molar-refractivity contribution < 1.29 is 9.47 Å². The van der Waals surface area contributed by atoms with Gasteiger partial charge in [-0.15, -0.1) is 0 Å². The fourth-order valence-electron chi connectivity index (χ4n) is 2.68. The summed E-state index contributed by atoms with van der Waals surface area (Å²) in [4.78, 5) is 0. The van der Waals surface area contributed by atoms with Crippen molar-refractivity contribution >= 4 is 0 Å². The zero-order valence-electron chi connectivity index (χ0n) is 12.7. The predicted molar refractivity (Wildman–Crippen MR) is 81.8 cm³/mol. The van der Waals surface area contributed by atoms with Crippen LogP contribution < -0.4 is 10.5 Å². The Morgan fingerprint density at radius 3 is 2.65 bits per heavy atom. The molecule has 1 aromatic rings. The third-order valence-corrected chi connectivity index (χ3v) is 4.13. The van der Waals surface area contributed by atoms with Crippen LogP contribution in [-0.4, -0.2) is 19.3 Å². The molecule has 0 aliphatic heterocycles. The van der Waals surface area contributed by atoms with Gasteiger partial charge in [-0.05, 0) is 48.8 Å². The number of benzene rings is 1. The summed E-state index contributed by atoms with van der Waals surface area (Å²) in [5, 5.41) is 0. The first-order chi connectivity index (χ1) is 9.59. The van der Waals surface area contributed by atoms with Crippen molar-refractivity contribution in [3.8, 4) is 5.75 Å². The van der Waals surface area contributed by atoms with Crippen molar-refractivity contribution in [1.82, 2.24) is 0 Å². The fourth-order valence-corrected chi connectivity index (χ4v) is 2.68. The molecule has 20 heavy (non-hydrogen) atoms. The van der Waals surface area contributed by atoms with E-state index in [1.54, 1.807) is 0 Å². The molecule has 1 aliphatic rings. The third-order valence-electron chi connectivity index (χ3n) is 4.13. The molecule has 2 rings (SSSR count). The maximum Gasteiger partial charge on any atom is 0.119 e. The summed E-state index contributed by atoms with van der Waals surface area (Å²) in [6.07, 6.45) is 5.29. The van der Waals surface area contributed by atoms with E-state index in [0.29, 0.717) is 31.3 Å². The molecule has 2 N–H and O–H groups in total. The molecule has 0 bridgehead atoms. The lowest BCUT2D eigenvalue weighted by Crippen LogP contribution is -2.27. The fraction of sp³-hybridized carbons (Fsp3) is 0.647. The van der Waals surface area contributed by atoms with Gasteiger partial charge in [-0.3, -0.25) is 0 Å². The van der Waals surface area contributed by atoms with Crippen LogP contribution in [0.3, 0.4) is 0 Å². The van der Waals surface area contributed by atoms with Gasteiger partial charge in [0.05, 0.1) is 12.7 Å². The zero-order valence-corrected chi connectivity index (χ0v) is 12.7. The van der Waals surface area contributed by atoms with Crippen LogP contribution in [0.5, 0.6) is 5.75 Å². The SMILES string of the molecule is CC1(C)CCC(OCCOc2cccc(CN)c2)CC1. The second-order valence-electron chi connectivity index (χ2n) is 6.43.